The summed E-state index contributed by atoms with van der Waals surface area (Å²) in [6.07, 6.45) is 5.28. The number of hydrogen-bond donors (Lipinski definition) is 0. The third-order valence-corrected chi connectivity index (χ3v) is 6.18. The van der Waals surface area contributed by atoms with Crippen LogP contribution >= 0.6 is 11.3 Å². The molecule has 1 amide bonds. The minimum atomic E-state index is -0.000425. The van der Waals surface area contributed by atoms with Crippen LogP contribution in [0.3, 0.4) is 0 Å². The predicted molar refractivity (Wildman–Crippen MR) is 107 cm³/mol. The number of carbonyl (C=O) groups excluding carboxylic acids is 1. The standard InChI is InChI=1S/C19H24N6OS/c1-12-11-27-18-16(22-13(2)25(12)18)14-6-5-7-24(10-14)17(26)15-8-20-19(21-9-15)23(3)4/h8-9,11,14H,5-7,10H2,1-4H3/t14-/m1/s1. The summed E-state index contributed by atoms with van der Waals surface area (Å²) in [6, 6.07) is 0. The van der Waals surface area contributed by atoms with Gasteiger partial charge in [-0.3, -0.25) is 9.20 Å². The van der Waals surface area contributed by atoms with Crippen molar-refractivity contribution in [2.45, 2.75) is 32.6 Å². The number of hydrogen-bond acceptors (Lipinski definition) is 6. The lowest BCUT2D eigenvalue weighted by Crippen LogP contribution is -2.39. The van der Waals surface area contributed by atoms with Gasteiger partial charge in [-0.05, 0) is 26.7 Å². The van der Waals surface area contributed by atoms with Crippen molar-refractivity contribution in [2.75, 3.05) is 32.1 Å². The van der Waals surface area contributed by atoms with Crippen LogP contribution in [0.25, 0.3) is 4.83 Å². The monoisotopic (exact) mass is 384 g/mol. The first-order chi connectivity index (χ1) is 13.0. The summed E-state index contributed by atoms with van der Waals surface area (Å²) in [7, 11) is 3.76. The van der Waals surface area contributed by atoms with Crippen LogP contribution in [0.4, 0.5) is 5.95 Å². The molecule has 3 aromatic rings. The van der Waals surface area contributed by atoms with Gasteiger partial charge < -0.3 is 9.80 Å². The first-order valence-electron chi connectivity index (χ1n) is 9.17. The minimum absolute atomic E-state index is 0.000425. The lowest BCUT2D eigenvalue weighted by atomic mass is 9.95. The number of imidazole rings is 1. The molecule has 1 aliphatic heterocycles. The Bertz CT molecular complexity index is 974. The molecule has 27 heavy (non-hydrogen) atoms. The van der Waals surface area contributed by atoms with Gasteiger partial charge in [0.1, 0.15) is 10.7 Å². The van der Waals surface area contributed by atoms with Crippen LogP contribution < -0.4 is 4.90 Å². The smallest absolute Gasteiger partial charge is 0.257 e. The van der Waals surface area contributed by atoms with E-state index in [1.54, 1.807) is 23.7 Å². The third kappa shape index (κ3) is 3.18. The molecule has 0 N–H and O–H groups in total. The van der Waals surface area contributed by atoms with Crippen molar-refractivity contribution < 1.29 is 4.79 Å². The van der Waals surface area contributed by atoms with E-state index in [0.717, 1.165) is 30.9 Å². The number of thiazole rings is 1. The zero-order valence-electron chi connectivity index (χ0n) is 16.1. The highest BCUT2D eigenvalue weighted by molar-refractivity contribution is 7.15. The van der Waals surface area contributed by atoms with Gasteiger partial charge in [-0.25, -0.2) is 15.0 Å². The van der Waals surface area contributed by atoms with Gasteiger partial charge in [0.15, 0.2) is 0 Å². The quantitative estimate of drug-likeness (QED) is 0.695. The van der Waals surface area contributed by atoms with Crippen LogP contribution in [0.15, 0.2) is 17.8 Å². The van der Waals surface area contributed by atoms with Crippen molar-refractivity contribution >= 4 is 28.0 Å². The Hall–Kier alpha value is -2.48. The highest BCUT2D eigenvalue weighted by atomic mass is 32.1. The molecule has 3 aromatic heterocycles. The molecule has 0 unspecified atom stereocenters. The number of anilines is 1. The van der Waals surface area contributed by atoms with E-state index in [4.69, 9.17) is 4.98 Å². The van der Waals surface area contributed by atoms with Crippen LogP contribution in [0.2, 0.25) is 0 Å². The molecule has 1 aliphatic rings. The molecule has 0 saturated carbocycles. The highest BCUT2D eigenvalue weighted by Crippen LogP contribution is 2.33. The van der Waals surface area contributed by atoms with Crippen molar-refractivity contribution in [2.24, 2.45) is 0 Å². The fourth-order valence-corrected chi connectivity index (χ4v) is 4.85. The molecule has 1 fully saturated rings. The van der Waals surface area contributed by atoms with Crippen molar-refractivity contribution in [3.05, 3.63) is 40.5 Å². The second-order valence-corrected chi connectivity index (χ2v) is 8.18. The third-order valence-electron chi connectivity index (χ3n) is 5.10. The first-order valence-corrected chi connectivity index (χ1v) is 10.1. The van der Waals surface area contributed by atoms with Gasteiger partial charge in [0.05, 0.1) is 11.3 Å². The van der Waals surface area contributed by atoms with E-state index in [9.17, 15) is 4.79 Å². The number of rotatable bonds is 3. The van der Waals surface area contributed by atoms with Crippen molar-refractivity contribution in [3.63, 3.8) is 0 Å². The maximum atomic E-state index is 12.9. The fraction of sp³-hybridized carbons (Fsp3) is 0.474. The van der Waals surface area contributed by atoms with Crippen molar-refractivity contribution in [1.82, 2.24) is 24.3 Å². The van der Waals surface area contributed by atoms with E-state index in [-0.39, 0.29) is 11.8 Å². The van der Waals surface area contributed by atoms with Gasteiger partial charge in [-0.1, -0.05) is 0 Å². The van der Waals surface area contributed by atoms with E-state index >= 15 is 0 Å². The molecular weight excluding hydrogens is 360 g/mol. The van der Waals surface area contributed by atoms with Gasteiger partial charge in [0.25, 0.3) is 5.91 Å². The molecule has 1 atom stereocenters. The number of piperidine rings is 1. The fourth-order valence-electron chi connectivity index (χ4n) is 3.75. The van der Waals surface area contributed by atoms with E-state index in [1.807, 2.05) is 30.8 Å². The van der Waals surface area contributed by atoms with Gasteiger partial charge in [0.2, 0.25) is 5.95 Å². The molecule has 0 spiro atoms. The average Bonchev–Trinajstić information content (AvgIpc) is 3.22. The van der Waals surface area contributed by atoms with Crippen molar-refractivity contribution in [3.8, 4) is 0 Å². The molecule has 0 aliphatic carbocycles. The van der Waals surface area contributed by atoms with Crippen LogP contribution in [0.5, 0.6) is 0 Å². The Morgan fingerprint density at radius 1 is 1.26 bits per heavy atom. The molecule has 142 valence electrons. The molecule has 8 heteroatoms. The van der Waals surface area contributed by atoms with Gasteiger partial charge in [-0.15, -0.1) is 11.3 Å². The summed E-state index contributed by atoms with van der Waals surface area (Å²) in [5, 5.41) is 2.17. The lowest BCUT2D eigenvalue weighted by molar-refractivity contribution is 0.0705. The molecule has 4 rings (SSSR count). The molecule has 0 radical (unpaired) electrons. The van der Waals surface area contributed by atoms with Crippen LogP contribution in [-0.4, -0.2) is 57.3 Å². The number of fused-ring (bicyclic) bond motifs is 1. The molecule has 0 bridgehead atoms. The van der Waals surface area contributed by atoms with E-state index in [1.165, 1.54) is 10.5 Å². The highest BCUT2D eigenvalue weighted by Gasteiger charge is 2.29. The Balaban J connectivity index is 1.56. The van der Waals surface area contributed by atoms with E-state index < -0.39 is 0 Å². The summed E-state index contributed by atoms with van der Waals surface area (Å²) in [4.78, 5) is 31.3. The Kier molecular flexibility index (Phi) is 4.59. The van der Waals surface area contributed by atoms with Crippen LogP contribution in [0.1, 0.15) is 46.3 Å². The Labute approximate surface area is 162 Å². The Morgan fingerprint density at radius 2 is 2.00 bits per heavy atom. The van der Waals surface area contributed by atoms with Gasteiger partial charge >= 0.3 is 0 Å². The molecule has 1 saturated heterocycles. The summed E-state index contributed by atoms with van der Waals surface area (Å²) in [5.74, 6) is 1.90. The summed E-state index contributed by atoms with van der Waals surface area (Å²) in [5.41, 5.74) is 2.88. The predicted octanol–water partition coefficient (Wildman–Crippen LogP) is 2.89. The number of amides is 1. The number of aromatic nitrogens is 4. The number of aryl methyl sites for hydroxylation is 2. The number of likely N-dealkylation sites (tertiary alicyclic amines) is 1. The normalized spacial score (nSPS) is 17.5. The summed E-state index contributed by atoms with van der Waals surface area (Å²) in [6.45, 7) is 5.61. The molecular formula is C19H24N6OS. The zero-order valence-corrected chi connectivity index (χ0v) is 17.0. The average molecular weight is 385 g/mol. The van der Waals surface area contributed by atoms with Crippen LogP contribution in [-0.2, 0) is 0 Å². The summed E-state index contributed by atoms with van der Waals surface area (Å²) < 4.78 is 2.22. The molecule has 4 heterocycles. The number of carbonyl (C=O) groups is 1. The second-order valence-electron chi connectivity index (χ2n) is 7.32. The SMILES string of the molecule is Cc1csc2c([C@@H]3CCCN(C(=O)c4cnc(N(C)C)nc4)C3)nc(C)n12. The van der Waals surface area contributed by atoms with E-state index in [2.05, 4.69) is 26.7 Å². The topological polar surface area (TPSA) is 66.6 Å². The lowest BCUT2D eigenvalue weighted by Gasteiger charge is -2.32. The maximum Gasteiger partial charge on any atom is 0.257 e. The largest absolute Gasteiger partial charge is 0.347 e. The van der Waals surface area contributed by atoms with Gasteiger partial charge in [0, 0.05) is 56.6 Å². The maximum absolute atomic E-state index is 12.9. The van der Waals surface area contributed by atoms with Crippen molar-refractivity contribution in [1.29, 1.82) is 0 Å². The van der Waals surface area contributed by atoms with Gasteiger partial charge in [-0.2, -0.15) is 0 Å². The van der Waals surface area contributed by atoms with Crippen LogP contribution in [0, 0.1) is 13.8 Å². The molecule has 0 aromatic carbocycles. The number of nitrogens with zero attached hydrogens (tertiary/aromatic N) is 6. The molecule has 7 nitrogen and oxygen atoms in total. The Morgan fingerprint density at radius 3 is 2.70 bits per heavy atom. The summed E-state index contributed by atoms with van der Waals surface area (Å²) >= 11 is 1.74. The van der Waals surface area contributed by atoms with E-state index in [0.29, 0.717) is 18.1 Å². The minimum Gasteiger partial charge on any atom is -0.347 e. The second kappa shape index (κ2) is 6.92. The zero-order chi connectivity index (χ0) is 19.1. The first kappa shape index (κ1) is 17.9.